The molecule has 3 heteroatoms. The van der Waals surface area contributed by atoms with Crippen LogP contribution in [0.1, 0.15) is 55.7 Å². The van der Waals surface area contributed by atoms with Gasteiger partial charge >= 0.3 is 0 Å². The summed E-state index contributed by atoms with van der Waals surface area (Å²) in [4.78, 5) is 0. The molecule has 1 aromatic rings. The quantitative estimate of drug-likeness (QED) is 0.834. The Bertz CT molecular complexity index is 411. The molecule has 0 aliphatic heterocycles. The fourth-order valence-electron chi connectivity index (χ4n) is 2.88. The van der Waals surface area contributed by atoms with Crippen molar-refractivity contribution < 1.29 is 9.47 Å². The molecule has 1 unspecified atom stereocenters. The van der Waals surface area contributed by atoms with Gasteiger partial charge in [0.05, 0.1) is 25.9 Å². The highest BCUT2D eigenvalue weighted by Gasteiger charge is 2.17. The predicted molar refractivity (Wildman–Crippen MR) is 82.1 cm³/mol. The lowest BCUT2D eigenvalue weighted by molar-refractivity contribution is 0.0342. The molecule has 1 aliphatic rings. The Morgan fingerprint density at radius 3 is 2.55 bits per heavy atom. The average molecular weight is 277 g/mol. The van der Waals surface area contributed by atoms with Gasteiger partial charge < -0.3 is 15.2 Å². The number of aryl methyl sites for hydroxylation is 1. The van der Waals surface area contributed by atoms with Crippen molar-refractivity contribution in [3.8, 4) is 5.75 Å². The smallest absolute Gasteiger partial charge is 0.123 e. The van der Waals surface area contributed by atoms with Crippen molar-refractivity contribution in [2.45, 2.75) is 57.6 Å². The maximum atomic E-state index is 6.29. The number of hydrogen-bond donors (Lipinski definition) is 1. The van der Waals surface area contributed by atoms with Gasteiger partial charge in [-0.2, -0.15) is 0 Å². The molecule has 1 atom stereocenters. The Kier molecular flexibility index (Phi) is 5.86. The van der Waals surface area contributed by atoms with Crippen LogP contribution in [0.4, 0.5) is 0 Å². The summed E-state index contributed by atoms with van der Waals surface area (Å²) in [6.45, 7) is 2.65. The van der Waals surface area contributed by atoms with Crippen LogP contribution in [-0.4, -0.2) is 19.8 Å². The molecule has 0 amide bonds. The van der Waals surface area contributed by atoms with Gasteiger partial charge in [0.1, 0.15) is 5.75 Å². The third kappa shape index (κ3) is 4.22. The van der Waals surface area contributed by atoms with Gasteiger partial charge in [-0.05, 0) is 25.8 Å². The van der Waals surface area contributed by atoms with Gasteiger partial charge in [0.15, 0.2) is 0 Å². The molecule has 2 N–H and O–H groups in total. The molecule has 3 nitrogen and oxygen atoms in total. The van der Waals surface area contributed by atoms with Gasteiger partial charge in [-0.1, -0.05) is 43.4 Å². The van der Waals surface area contributed by atoms with Crippen molar-refractivity contribution in [1.29, 1.82) is 0 Å². The second kappa shape index (κ2) is 7.65. The summed E-state index contributed by atoms with van der Waals surface area (Å²) in [6.07, 6.45) is 8.01. The highest BCUT2D eigenvalue weighted by Crippen LogP contribution is 2.26. The zero-order valence-electron chi connectivity index (χ0n) is 12.7. The van der Waals surface area contributed by atoms with E-state index in [-0.39, 0.29) is 6.04 Å². The molecule has 1 aliphatic carbocycles. The van der Waals surface area contributed by atoms with Crippen LogP contribution in [0.15, 0.2) is 18.2 Å². The Morgan fingerprint density at radius 1 is 1.20 bits per heavy atom. The fraction of sp³-hybridized carbons (Fsp3) is 0.647. The Balaban J connectivity index is 1.93. The number of hydrogen-bond acceptors (Lipinski definition) is 3. The fourth-order valence-corrected chi connectivity index (χ4v) is 2.88. The van der Waals surface area contributed by atoms with E-state index < -0.39 is 0 Å². The first kappa shape index (κ1) is 15.3. The van der Waals surface area contributed by atoms with E-state index in [1.165, 1.54) is 44.1 Å². The van der Waals surface area contributed by atoms with Gasteiger partial charge in [-0.25, -0.2) is 0 Å². The van der Waals surface area contributed by atoms with E-state index >= 15 is 0 Å². The highest BCUT2D eigenvalue weighted by molar-refractivity contribution is 5.39. The molecule has 0 bridgehead atoms. The molecular formula is C17H27NO2. The van der Waals surface area contributed by atoms with Crippen molar-refractivity contribution in [2.24, 2.45) is 5.73 Å². The minimum absolute atomic E-state index is 0.117. The monoisotopic (exact) mass is 277 g/mol. The molecule has 2 rings (SSSR count). The number of benzene rings is 1. The van der Waals surface area contributed by atoms with Crippen molar-refractivity contribution in [3.63, 3.8) is 0 Å². The first-order valence-electron chi connectivity index (χ1n) is 7.72. The molecule has 0 saturated heterocycles. The van der Waals surface area contributed by atoms with Crippen LogP contribution in [0.5, 0.6) is 5.75 Å². The SMILES string of the molecule is COc1ccc(C)cc1C(N)COC1CCCCCC1. The van der Waals surface area contributed by atoms with Gasteiger partial charge in [0.25, 0.3) is 0 Å². The molecule has 0 aromatic heterocycles. The van der Waals surface area contributed by atoms with Gasteiger partial charge in [0, 0.05) is 5.56 Å². The van der Waals surface area contributed by atoms with Crippen molar-refractivity contribution in [1.82, 2.24) is 0 Å². The van der Waals surface area contributed by atoms with Crippen molar-refractivity contribution >= 4 is 0 Å². The van der Waals surface area contributed by atoms with E-state index in [0.717, 1.165) is 11.3 Å². The van der Waals surface area contributed by atoms with E-state index in [2.05, 4.69) is 13.0 Å². The van der Waals surface area contributed by atoms with E-state index in [0.29, 0.717) is 12.7 Å². The summed E-state index contributed by atoms with van der Waals surface area (Å²) in [5.41, 5.74) is 8.53. The normalized spacial score (nSPS) is 18.6. The molecular weight excluding hydrogens is 250 g/mol. The second-order valence-corrected chi connectivity index (χ2v) is 5.80. The van der Waals surface area contributed by atoms with Crippen LogP contribution in [-0.2, 0) is 4.74 Å². The lowest BCUT2D eigenvalue weighted by atomic mass is 10.0. The number of rotatable bonds is 5. The maximum absolute atomic E-state index is 6.29. The third-order valence-electron chi connectivity index (χ3n) is 4.10. The zero-order chi connectivity index (χ0) is 14.4. The maximum Gasteiger partial charge on any atom is 0.123 e. The molecule has 1 aromatic carbocycles. The van der Waals surface area contributed by atoms with E-state index in [1.54, 1.807) is 7.11 Å². The summed E-state index contributed by atoms with van der Waals surface area (Å²) in [5.74, 6) is 0.854. The first-order valence-corrected chi connectivity index (χ1v) is 7.72. The number of ether oxygens (including phenoxy) is 2. The zero-order valence-corrected chi connectivity index (χ0v) is 12.7. The topological polar surface area (TPSA) is 44.5 Å². The predicted octanol–water partition coefficient (Wildman–Crippen LogP) is 3.74. The summed E-state index contributed by atoms with van der Waals surface area (Å²) in [5, 5.41) is 0. The lowest BCUT2D eigenvalue weighted by Crippen LogP contribution is -2.22. The molecule has 0 heterocycles. The Morgan fingerprint density at radius 2 is 1.90 bits per heavy atom. The third-order valence-corrected chi connectivity index (χ3v) is 4.10. The Hall–Kier alpha value is -1.06. The van der Waals surface area contributed by atoms with Crippen molar-refractivity contribution in [2.75, 3.05) is 13.7 Å². The van der Waals surface area contributed by atoms with Gasteiger partial charge in [-0.3, -0.25) is 0 Å². The molecule has 0 spiro atoms. The van der Waals surface area contributed by atoms with Gasteiger partial charge in [-0.15, -0.1) is 0 Å². The van der Waals surface area contributed by atoms with Crippen LogP contribution in [0.3, 0.4) is 0 Å². The van der Waals surface area contributed by atoms with Crippen LogP contribution in [0.25, 0.3) is 0 Å². The summed E-state index contributed by atoms with van der Waals surface area (Å²) in [7, 11) is 1.69. The molecule has 1 fully saturated rings. The Labute approximate surface area is 122 Å². The summed E-state index contributed by atoms with van der Waals surface area (Å²) < 4.78 is 11.4. The summed E-state index contributed by atoms with van der Waals surface area (Å²) >= 11 is 0. The summed E-state index contributed by atoms with van der Waals surface area (Å²) in [6, 6.07) is 6.00. The van der Waals surface area contributed by atoms with E-state index in [1.807, 2.05) is 12.1 Å². The molecule has 20 heavy (non-hydrogen) atoms. The standard InChI is InChI=1S/C17H27NO2/c1-13-9-10-17(19-2)15(11-13)16(18)12-20-14-7-5-3-4-6-8-14/h9-11,14,16H,3-8,12,18H2,1-2H3. The number of nitrogens with two attached hydrogens (primary N) is 1. The minimum Gasteiger partial charge on any atom is -0.496 e. The van der Waals surface area contributed by atoms with Crippen LogP contribution >= 0.6 is 0 Å². The van der Waals surface area contributed by atoms with Crippen LogP contribution < -0.4 is 10.5 Å². The highest BCUT2D eigenvalue weighted by atomic mass is 16.5. The molecule has 112 valence electrons. The second-order valence-electron chi connectivity index (χ2n) is 5.80. The first-order chi connectivity index (χ1) is 9.70. The minimum atomic E-state index is -0.117. The average Bonchev–Trinajstić information content (AvgIpc) is 2.73. The largest absolute Gasteiger partial charge is 0.496 e. The van der Waals surface area contributed by atoms with Gasteiger partial charge in [0.2, 0.25) is 0 Å². The molecule has 0 radical (unpaired) electrons. The van der Waals surface area contributed by atoms with E-state index in [4.69, 9.17) is 15.2 Å². The van der Waals surface area contributed by atoms with Crippen molar-refractivity contribution in [3.05, 3.63) is 29.3 Å². The van der Waals surface area contributed by atoms with Crippen LogP contribution in [0.2, 0.25) is 0 Å². The molecule has 1 saturated carbocycles. The van der Waals surface area contributed by atoms with Crippen LogP contribution in [0, 0.1) is 6.92 Å². The van der Waals surface area contributed by atoms with E-state index in [9.17, 15) is 0 Å². The number of methoxy groups -OCH3 is 1. The lowest BCUT2D eigenvalue weighted by Gasteiger charge is -2.20.